The van der Waals surface area contributed by atoms with Crippen molar-refractivity contribution < 1.29 is 4.52 Å². The van der Waals surface area contributed by atoms with Crippen molar-refractivity contribution in [2.75, 3.05) is 13.6 Å². The number of hydrogen-bond acceptors (Lipinski definition) is 4. The first-order chi connectivity index (χ1) is 10.1. The molecule has 0 spiro atoms. The summed E-state index contributed by atoms with van der Waals surface area (Å²) < 4.78 is 5.04. The number of nitrogens with one attached hydrogen (secondary N) is 2. The molecule has 0 aliphatic rings. The lowest BCUT2D eigenvalue weighted by atomic mass is 10.0. The molecule has 0 atom stereocenters. The van der Waals surface area contributed by atoms with Gasteiger partial charge in [0.1, 0.15) is 0 Å². The minimum atomic E-state index is 0. The molecule has 22 heavy (non-hydrogen) atoms. The van der Waals surface area contributed by atoms with Crippen LogP contribution in [0.3, 0.4) is 0 Å². The van der Waals surface area contributed by atoms with Crippen LogP contribution in [0.5, 0.6) is 0 Å². The molecule has 0 aliphatic heterocycles. The summed E-state index contributed by atoms with van der Waals surface area (Å²) in [6.45, 7) is 7.79. The molecule has 1 rings (SSSR count). The van der Waals surface area contributed by atoms with E-state index in [-0.39, 0.29) is 24.0 Å². The number of unbranched alkanes of at least 4 members (excludes halogenated alkanes) is 3. The second-order valence-corrected chi connectivity index (χ2v) is 5.68. The van der Waals surface area contributed by atoms with Crippen molar-refractivity contribution in [3.05, 3.63) is 11.7 Å². The number of guanidine groups is 1. The van der Waals surface area contributed by atoms with E-state index in [1.54, 1.807) is 14.0 Å². The van der Waals surface area contributed by atoms with Gasteiger partial charge >= 0.3 is 0 Å². The first-order valence-electron chi connectivity index (χ1n) is 7.85. The van der Waals surface area contributed by atoms with Crippen molar-refractivity contribution in [1.29, 1.82) is 0 Å². The van der Waals surface area contributed by atoms with Gasteiger partial charge in [-0.15, -0.1) is 24.0 Å². The van der Waals surface area contributed by atoms with Crippen LogP contribution in [0.2, 0.25) is 0 Å². The van der Waals surface area contributed by atoms with Gasteiger partial charge in [0.05, 0.1) is 6.54 Å². The average Bonchev–Trinajstić information content (AvgIpc) is 2.86. The second-order valence-electron chi connectivity index (χ2n) is 5.68. The van der Waals surface area contributed by atoms with Crippen molar-refractivity contribution in [3.8, 4) is 0 Å². The number of aryl methyl sites for hydroxylation is 1. The molecule has 1 aromatic heterocycles. The van der Waals surface area contributed by atoms with Crippen LogP contribution in [0.1, 0.15) is 57.7 Å². The average molecular weight is 423 g/mol. The maximum Gasteiger partial charge on any atom is 0.246 e. The normalized spacial score (nSPS) is 11.4. The van der Waals surface area contributed by atoms with Crippen molar-refractivity contribution in [2.45, 2.75) is 59.4 Å². The Morgan fingerprint density at radius 3 is 2.50 bits per heavy atom. The maximum absolute atomic E-state index is 5.04. The van der Waals surface area contributed by atoms with Crippen molar-refractivity contribution >= 4 is 29.9 Å². The van der Waals surface area contributed by atoms with E-state index in [4.69, 9.17) is 4.52 Å². The topological polar surface area (TPSA) is 75.3 Å². The van der Waals surface area contributed by atoms with E-state index >= 15 is 0 Å². The smallest absolute Gasteiger partial charge is 0.246 e. The van der Waals surface area contributed by atoms with Crippen LogP contribution in [0, 0.1) is 12.8 Å². The number of rotatable bonds is 9. The third-order valence-electron chi connectivity index (χ3n) is 3.20. The minimum absolute atomic E-state index is 0. The van der Waals surface area contributed by atoms with Gasteiger partial charge in [-0.25, -0.2) is 0 Å². The number of aromatic nitrogens is 2. The third-order valence-corrected chi connectivity index (χ3v) is 3.20. The van der Waals surface area contributed by atoms with Crippen LogP contribution in [0.4, 0.5) is 0 Å². The third kappa shape index (κ3) is 9.97. The lowest BCUT2D eigenvalue weighted by Gasteiger charge is -2.10. The van der Waals surface area contributed by atoms with Gasteiger partial charge in [-0.1, -0.05) is 44.7 Å². The highest BCUT2D eigenvalue weighted by atomic mass is 127. The van der Waals surface area contributed by atoms with Gasteiger partial charge < -0.3 is 15.2 Å². The summed E-state index contributed by atoms with van der Waals surface area (Å²) in [7, 11) is 1.76. The van der Waals surface area contributed by atoms with Gasteiger partial charge in [0, 0.05) is 13.6 Å². The summed E-state index contributed by atoms with van der Waals surface area (Å²) in [6.07, 6.45) is 6.41. The summed E-state index contributed by atoms with van der Waals surface area (Å²) in [5.41, 5.74) is 0. The van der Waals surface area contributed by atoms with Crippen molar-refractivity contribution in [3.63, 3.8) is 0 Å². The van der Waals surface area contributed by atoms with Crippen LogP contribution in [-0.4, -0.2) is 29.7 Å². The van der Waals surface area contributed by atoms with Crippen LogP contribution < -0.4 is 10.6 Å². The maximum atomic E-state index is 5.04. The highest BCUT2D eigenvalue weighted by Crippen LogP contribution is 2.08. The molecular formula is C15H30IN5O. The lowest BCUT2D eigenvalue weighted by molar-refractivity contribution is 0.371. The second kappa shape index (κ2) is 12.7. The first-order valence-corrected chi connectivity index (χ1v) is 7.85. The fraction of sp³-hybridized carbons (Fsp3) is 0.800. The van der Waals surface area contributed by atoms with Crippen molar-refractivity contribution in [2.24, 2.45) is 10.9 Å². The highest BCUT2D eigenvalue weighted by molar-refractivity contribution is 14.0. The van der Waals surface area contributed by atoms with E-state index in [1.165, 1.54) is 32.1 Å². The molecule has 128 valence electrons. The number of halogens is 1. The van der Waals surface area contributed by atoms with Crippen LogP contribution in [0.25, 0.3) is 0 Å². The molecule has 0 aromatic carbocycles. The Labute approximate surface area is 150 Å². The van der Waals surface area contributed by atoms with Crippen molar-refractivity contribution in [1.82, 2.24) is 20.8 Å². The van der Waals surface area contributed by atoms with Crippen LogP contribution >= 0.6 is 24.0 Å². The van der Waals surface area contributed by atoms with E-state index < -0.39 is 0 Å². The lowest BCUT2D eigenvalue weighted by Crippen LogP contribution is -2.37. The Balaban J connectivity index is 0.00000441. The Kier molecular flexibility index (Phi) is 12.2. The fourth-order valence-corrected chi connectivity index (χ4v) is 2.03. The van der Waals surface area contributed by atoms with E-state index in [0.717, 1.165) is 18.4 Å². The molecular weight excluding hydrogens is 393 g/mol. The first kappa shape index (κ1) is 21.1. The Bertz CT molecular complexity index is 420. The molecule has 6 nitrogen and oxygen atoms in total. The van der Waals surface area contributed by atoms with Gasteiger partial charge in [0.2, 0.25) is 5.89 Å². The highest BCUT2D eigenvalue weighted by Gasteiger charge is 2.03. The molecule has 2 N–H and O–H groups in total. The van der Waals surface area contributed by atoms with Gasteiger partial charge in [0.15, 0.2) is 11.8 Å². The fourth-order valence-electron chi connectivity index (χ4n) is 2.03. The largest absolute Gasteiger partial charge is 0.356 e. The van der Waals surface area contributed by atoms with Gasteiger partial charge in [-0.2, -0.15) is 4.98 Å². The summed E-state index contributed by atoms with van der Waals surface area (Å²) in [5, 5.41) is 10.2. The molecule has 7 heteroatoms. The quantitative estimate of drug-likeness (QED) is 0.276. The zero-order chi connectivity index (χ0) is 15.5. The van der Waals surface area contributed by atoms with E-state index in [2.05, 4.69) is 39.6 Å². The number of nitrogens with zero attached hydrogens (tertiary/aromatic N) is 3. The predicted octanol–water partition coefficient (Wildman–Crippen LogP) is 3.27. The predicted molar refractivity (Wildman–Crippen MR) is 101 cm³/mol. The van der Waals surface area contributed by atoms with Gasteiger partial charge in [-0.05, 0) is 19.3 Å². The van der Waals surface area contributed by atoms with E-state index in [0.29, 0.717) is 18.3 Å². The number of hydrogen-bond donors (Lipinski definition) is 2. The molecule has 0 aliphatic carbocycles. The molecule has 1 aromatic rings. The Morgan fingerprint density at radius 2 is 1.91 bits per heavy atom. The number of aliphatic imine (C=N–C) groups is 1. The molecule has 0 unspecified atom stereocenters. The summed E-state index contributed by atoms with van der Waals surface area (Å²) in [6, 6.07) is 0. The van der Waals surface area contributed by atoms with E-state index in [1.807, 2.05) is 0 Å². The molecule has 0 saturated carbocycles. The molecule has 0 amide bonds. The summed E-state index contributed by atoms with van der Waals surface area (Å²) in [5.74, 6) is 2.81. The van der Waals surface area contributed by atoms with E-state index in [9.17, 15) is 0 Å². The molecule has 0 saturated heterocycles. The molecule has 0 fully saturated rings. The zero-order valence-corrected chi connectivity index (χ0v) is 16.5. The monoisotopic (exact) mass is 423 g/mol. The van der Waals surface area contributed by atoms with Gasteiger partial charge in [-0.3, -0.25) is 4.99 Å². The van der Waals surface area contributed by atoms with Crippen LogP contribution in [0.15, 0.2) is 9.52 Å². The Hall–Kier alpha value is -0.860. The van der Waals surface area contributed by atoms with Crippen LogP contribution in [-0.2, 0) is 6.54 Å². The summed E-state index contributed by atoms with van der Waals surface area (Å²) >= 11 is 0. The summed E-state index contributed by atoms with van der Waals surface area (Å²) in [4.78, 5) is 8.31. The molecule has 1 heterocycles. The zero-order valence-electron chi connectivity index (χ0n) is 14.2. The Morgan fingerprint density at radius 1 is 1.18 bits per heavy atom. The molecule has 0 radical (unpaired) electrons. The molecule has 0 bridgehead atoms. The van der Waals surface area contributed by atoms with Gasteiger partial charge in [0.25, 0.3) is 0 Å². The minimum Gasteiger partial charge on any atom is -0.356 e. The SMILES string of the molecule is CN=C(NCCCCCCC(C)C)NCc1nc(C)no1.I. The standard InChI is InChI=1S/C15H29N5O.HI/c1-12(2)9-7-5-6-8-10-17-15(16-4)18-11-14-19-13(3)20-21-14;/h12H,5-11H2,1-4H3,(H2,16,17,18);1H.